The summed E-state index contributed by atoms with van der Waals surface area (Å²) in [5, 5.41) is 9.25. The normalized spacial score (nSPS) is 22.1. The fourth-order valence-corrected chi connectivity index (χ4v) is 4.98. The van der Waals surface area contributed by atoms with Crippen molar-refractivity contribution >= 4 is 17.3 Å². The molecule has 0 aliphatic carbocycles. The summed E-state index contributed by atoms with van der Waals surface area (Å²) < 4.78 is 7.61. The van der Waals surface area contributed by atoms with Gasteiger partial charge in [0.05, 0.1) is 31.0 Å². The maximum absolute atomic E-state index is 5.63. The lowest BCUT2D eigenvalue weighted by atomic mass is 10.1. The zero-order chi connectivity index (χ0) is 25.4. The van der Waals surface area contributed by atoms with E-state index in [9.17, 15) is 0 Å². The molecule has 0 amide bonds. The quantitative estimate of drug-likeness (QED) is 0.508. The molecule has 2 unspecified atom stereocenters. The Morgan fingerprint density at radius 3 is 2.65 bits per heavy atom. The summed E-state index contributed by atoms with van der Waals surface area (Å²) in [6.45, 7) is 7.09. The van der Waals surface area contributed by atoms with Crippen molar-refractivity contribution in [1.82, 2.24) is 35.4 Å². The molecule has 10 heteroatoms. The van der Waals surface area contributed by atoms with Gasteiger partial charge in [0.1, 0.15) is 5.82 Å². The molecular formula is C27H35N9O. The van der Waals surface area contributed by atoms with Crippen molar-refractivity contribution in [1.29, 1.82) is 0 Å². The van der Waals surface area contributed by atoms with Gasteiger partial charge in [-0.05, 0) is 38.7 Å². The molecule has 37 heavy (non-hydrogen) atoms. The van der Waals surface area contributed by atoms with E-state index in [0.29, 0.717) is 13.2 Å². The van der Waals surface area contributed by atoms with Crippen LogP contribution in [0.4, 0.5) is 11.6 Å². The molecule has 1 saturated heterocycles. The Balaban J connectivity index is 1.30. The van der Waals surface area contributed by atoms with Gasteiger partial charge in [0.2, 0.25) is 0 Å². The van der Waals surface area contributed by atoms with Gasteiger partial charge in [-0.15, -0.1) is 0 Å². The number of hydrogen-bond donors (Lipinski definition) is 2. The van der Waals surface area contributed by atoms with Crippen molar-refractivity contribution in [2.75, 3.05) is 63.4 Å². The van der Waals surface area contributed by atoms with Gasteiger partial charge in [-0.25, -0.2) is 15.8 Å². The van der Waals surface area contributed by atoms with Gasteiger partial charge >= 0.3 is 0 Å². The van der Waals surface area contributed by atoms with E-state index in [-0.39, 0.29) is 12.1 Å². The van der Waals surface area contributed by atoms with Crippen molar-refractivity contribution in [3.8, 4) is 0 Å². The SMILES string of the molecule is CC1=CC(c2cc3nc(N4C=CC(c5ccccc5)N4)cc(N4CCOCC4)n3n2)NN1CCN(C)C. The molecule has 3 aromatic rings. The van der Waals surface area contributed by atoms with Gasteiger partial charge in [-0.2, -0.15) is 9.61 Å². The highest BCUT2D eigenvalue weighted by Crippen LogP contribution is 2.30. The van der Waals surface area contributed by atoms with Crippen LogP contribution in [0.2, 0.25) is 0 Å². The molecule has 1 aromatic carbocycles. The summed E-state index contributed by atoms with van der Waals surface area (Å²) in [6, 6.07) is 14.8. The number of aromatic nitrogens is 3. The second-order valence-electron chi connectivity index (χ2n) is 10.0. The fraction of sp³-hybridized carbons (Fsp3) is 0.407. The van der Waals surface area contributed by atoms with Crippen LogP contribution >= 0.6 is 0 Å². The first-order valence-electron chi connectivity index (χ1n) is 12.9. The molecule has 2 aromatic heterocycles. The van der Waals surface area contributed by atoms with E-state index in [1.165, 1.54) is 11.3 Å². The van der Waals surface area contributed by atoms with Crippen LogP contribution in [-0.4, -0.2) is 78.0 Å². The smallest absolute Gasteiger partial charge is 0.160 e. The largest absolute Gasteiger partial charge is 0.378 e. The summed E-state index contributed by atoms with van der Waals surface area (Å²) >= 11 is 0. The van der Waals surface area contributed by atoms with Crippen molar-refractivity contribution in [3.63, 3.8) is 0 Å². The highest BCUT2D eigenvalue weighted by Gasteiger charge is 2.27. The zero-order valence-electron chi connectivity index (χ0n) is 21.7. The molecule has 5 heterocycles. The number of allylic oxidation sites excluding steroid dienone is 1. The van der Waals surface area contributed by atoms with Gasteiger partial charge in [0.15, 0.2) is 11.5 Å². The Labute approximate surface area is 217 Å². The van der Waals surface area contributed by atoms with Gasteiger partial charge in [-0.3, -0.25) is 5.01 Å². The van der Waals surface area contributed by atoms with Crippen LogP contribution in [0.15, 0.2) is 66.5 Å². The van der Waals surface area contributed by atoms with Crippen molar-refractivity contribution in [3.05, 3.63) is 77.8 Å². The number of likely N-dealkylation sites (N-methyl/N-ethyl adjacent to an activating group) is 1. The number of fused-ring (bicyclic) bond motifs is 1. The lowest BCUT2D eigenvalue weighted by Crippen LogP contribution is -2.38. The molecule has 0 radical (unpaired) electrons. The highest BCUT2D eigenvalue weighted by atomic mass is 16.5. The second-order valence-corrected chi connectivity index (χ2v) is 10.0. The van der Waals surface area contributed by atoms with Crippen LogP contribution in [-0.2, 0) is 4.74 Å². The van der Waals surface area contributed by atoms with Crippen molar-refractivity contribution < 1.29 is 4.74 Å². The second kappa shape index (κ2) is 10.1. The maximum atomic E-state index is 5.63. The number of rotatable bonds is 7. The van der Waals surface area contributed by atoms with Gasteiger partial charge in [0.25, 0.3) is 0 Å². The number of anilines is 2. The lowest BCUT2D eigenvalue weighted by Gasteiger charge is -2.30. The number of nitrogens with zero attached hydrogens (tertiary/aromatic N) is 7. The number of benzene rings is 1. The highest BCUT2D eigenvalue weighted by molar-refractivity contribution is 5.61. The topological polar surface area (TPSA) is 76.4 Å². The fourth-order valence-electron chi connectivity index (χ4n) is 4.98. The van der Waals surface area contributed by atoms with E-state index in [4.69, 9.17) is 14.8 Å². The monoisotopic (exact) mass is 501 g/mol. The Morgan fingerprint density at radius 1 is 1.05 bits per heavy atom. The van der Waals surface area contributed by atoms with Gasteiger partial charge in [-0.1, -0.05) is 30.3 Å². The molecule has 2 atom stereocenters. The summed E-state index contributed by atoms with van der Waals surface area (Å²) in [5.41, 5.74) is 11.4. The van der Waals surface area contributed by atoms with Crippen LogP contribution in [0.1, 0.15) is 30.3 Å². The molecule has 6 rings (SSSR count). The van der Waals surface area contributed by atoms with E-state index in [1.807, 2.05) is 15.6 Å². The third-order valence-electron chi connectivity index (χ3n) is 7.08. The first-order chi connectivity index (χ1) is 18.0. The first-order valence-corrected chi connectivity index (χ1v) is 12.9. The number of hydrogen-bond acceptors (Lipinski definition) is 9. The minimum atomic E-state index is 0.0112. The van der Waals surface area contributed by atoms with Gasteiger partial charge < -0.3 is 19.5 Å². The average molecular weight is 502 g/mol. The number of nitrogens with one attached hydrogen (secondary N) is 2. The van der Waals surface area contributed by atoms with Crippen LogP contribution in [0, 0.1) is 0 Å². The predicted octanol–water partition coefficient (Wildman–Crippen LogP) is 2.47. The molecule has 10 nitrogen and oxygen atoms in total. The Morgan fingerprint density at radius 2 is 1.86 bits per heavy atom. The summed E-state index contributed by atoms with van der Waals surface area (Å²) in [6.07, 6.45) is 6.46. The maximum Gasteiger partial charge on any atom is 0.160 e. The van der Waals surface area contributed by atoms with Crippen LogP contribution < -0.4 is 20.8 Å². The molecule has 0 bridgehead atoms. The Bertz CT molecular complexity index is 1300. The molecule has 3 aliphatic heterocycles. The van der Waals surface area contributed by atoms with Crippen LogP contribution in [0.5, 0.6) is 0 Å². The predicted molar refractivity (Wildman–Crippen MR) is 145 cm³/mol. The molecule has 2 N–H and O–H groups in total. The summed E-state index contributed by atoms with van der Waals surface area (Å²) in [4.78, 5) is 9.54. The average Bonchev–Trinajstić information content (AvgIpc) is 3.66. The van der Waals surface area contributed by atoms with E-state index in [2.05, 4.69) is 101 Å². The molecule has 0 spiro atoms. The minimum absolute atomic E-state index is 0.0112. The minimum Gasteiger partial charge on any atom is -0.378 e. The summed E-state index contributed by atoms with van der Waals surface area (Å²) in [7, 11) is 4.19. The van der Waals surface area contributed by atoms with E-state index in [0.717, 1.165) is 49.2 Å². The van der Waals surface area contributed by atoms with E-state index < -0.39 is 0 Å². The van der Waals surface area contributed by atoms with Crippen molar-refractivity contribution in [2.45, 2.75) is 19.0 Å². The third-order valence-corrected chi connectivity index (χ3v) is 7.08. The number of ether oxygens (including phenoxy) is 1. The molecule has 0 saturated carbocycles. The first kappa shape index (κ1) is 23.9. The lowest BCUT2D eigenvalue weighted by molar-refractivity contribution is 0.122. The number of morpholine rings is 1. The van der Waals surface area contributed by atoms with Crippen LogP contribution in [0.25, 0.3) is 5.65 Å². The summed E-state index contributed by atoms with van der Waals surface area (Å²) in [5.74, 6) is 1.87. The zero-order valence-corrected chi connectivity index (χ0v) is 21.7. The van der Waals surface area contributed by atoms with Crippen molar-refractivity contribution in [2.24, 2.45) is 0 Å². The molecular weight excluding hydrogens is 466 g/mol. The van der Waals surface area contributed by atoms with Crippen LogP contribution in [0.3, 0.4) is 0 Å². The van der Waals surface area contributed by atoms with Gasteiger partial charge in [0, 0.05) is 50.2 Å². The van der Waals surface area contributed by atoms with E-state index >= 15 is 0 Å². The molecule has 194 valence electrons. The third kappa shape index (κ3) is 4.93. The molecule has 1 fully saturated rings. The number of hydrazine groups is 2. The van der Waals surface area contributed by atoms with E-state index in [1.54, 1.807) is 0 Å². The molecule has 3 aliphatic rings. The Hall–Kier alpha value is -3.44. The standard InChI is InChI=1S/C27H35N9O/c1-20-17-23(30-34(20)12-11-32(2)3)24-18-26-28-25(19-27(36(26)31-24)33-13-15-37-16-14-33)35-10-9-22(29-35)21-7-5-4-6-8-21/h4-10,17-19,22-23,29-30H,11-16H2,1-3H3. The Kier molecular flexibility index (Phi) is 6.56.